The summed E-state index contributed by atoms with van der Waals surface area (Å²) < 4.78 is 12.6. The number of imide groups is 1. The van der Waals surface area contributed by atoms with Crippen molar-refractivity contribution in [1.29, 1.82) is 0 Å². The van der Waals surface area contributed by atoms with Gasteiger partial charge in [0, 0.05) is 10.0 Å². The van der Waals surface area contributed by atoms with Crippen LogP contribution in [0, 0.1) is 12.3 Å². The summed E-state index contributed by atoms with van der Waals surface area (Å²) >= 11 is 4.29. The molecule has 0 atom stereocenters. The minimum absolute atomic E-state index is 0.0458. The van der Waals surface area contributed by atoms with Crippen molar-refractivity contribution in [2.24, 2.45) is 0 Å². The van der Waals surface area contributed by atoms with E-state index in [9.17, 15) is 9.59 Å². The van der Waals surface area contributed by atoms with Crippen molar-refractivity contribution in [3.8, 4) is 23.8 Å². The van der Waals surface area contributed by atoms with Crippen LogP contribution in [0.2, 0.25) is 0 Å². The fourth-order valence-electron chi connectivity index (χ4n) is 3.00. The van der Waals surface area contributed by atoms with Crippen molar-refractivity contribution in [1.82, 2.24) is 4.90 Å². The number of terminal acetylenes is 1. The Kier molecular flexibility index (Phi) is 7.61. The Bertz CT molecular complexity index is 1090. The van der Waals surface area contributed by atoms with Crippen LogP contribution < -0.4 is 9.47 Å². The zero-order chi connectivity index (χ0) is 22.4. The summed E-state index contributed by atoms with van der Waals surface area (Å²) in [6.07, 6.45) is 9.23. The van der Waals surface area contributed by atoms with Gasteiger partial charge in [0.1, 0.15) is 6.61 Å². The number of carbonyl (C=O) groups is 2. The van der Waals surface area contributed by atoms with Gasteiger partial charge >= 0.3 is 0 Å². The van der Waals surface area contributed by atoms with Crippen molar-refractivity contribution in [3.63, 3.8) is 0 Å². The summed E-state index contributed by atoms with van der Waals surface area (Å²) in [7, 11) is 1.56. The molecule has 3 rings (SSSR count). The third-order valence-electron chi connectivity index (χ3n) is 4.46. The van der Waals surface area contributed by atoms with Gasteiger partial charge in [0.15, 0.2) is 11.5 Å². The predicted molar refractivity (Wildman–Crippen MR) is 127 cm³/mol. The Morgan fingerprint density at radius 2 is 2.00 bits per heavy atom. The molecule has 31 heavy (non-hydrogen) atoms. The van der Waals surface area contributed by atoms with E-state index in [4.69, 9.17) is 15.9 Å². The van der Waals surface area contributed by atoms with Crippen LogP contribution in [0.15, 0.2) is 58.4 Å². The summed E-state index contributed by atoms with van der Waals surface area (Å²) in [6.45, 7) is 4.15. The van der Waals surface area contributed by atoms with Crippen molar-refractivity contribution in [2.45, 2.75) is 13.0 Å². The van der Waals surface area contributed by atoms with E-state index in [1.54, 1.807) is 25.3 Å². The Morgan fingerprint density at radius 1 is 1.26 bits per heavy atom. The van der Waals surface area contributed by atoms with E-state index < -0.39 is 5.91 Å². The number of halogens is 1. The van der Waals surface area contributed by atoms with E-state index >= 15 is 0 Å². The van der Waals surface area contributed by atoms with Gasteiger partial charge in [-0.3, -0.25) is 14.5 Å². The topological polar surface area (TPSA) is 55.8 Å². The Labute approximate surface area is 194 Å². The molecule has 0 radical (unpaired) electrons. The molecule has 0 unspecified atom stereocenters. The molecule has 158 valence electrons. The molecule has 2 aromatic rings. The molecule has 2 amide bonds. The highest BCUT2D eigenvalue weighted by Gasteiger charge is 2.34. The zero-order valence-corrected chi connectivity index (χ0v) is 19.3. The molecule has 0 spiro atoms. The lowest BCUT2D eigenvalue weighted by atomic mass is 10.0. The first-order valence-electron chi connectivity index (χ1n) is 9.34. The number of nitrogens with zero attached hydrogens (tertiary/aromatic N) is 1. The number of thioether (sulfide) groups is 1. The predicted octanol–water partition coefficient (Wildman–Crippen LogP) is 5.43. The maximum Gasteiger partial charge on any atom is 0.294 e. The van der Waals surface area contributed by atoms with Gasteiger partial charge in [0.05, 0.1) is 18.6 Å². The molecule has 1 saturated heterocycles. The highest BCUT2D eigenvalue weighted by atomic mass is 79.9. The number of rotatable bonds is 8. The van der Waals surface area contributed by atoms with Gasteiger partial charge in [-0.25, -0.2) is 0 Å². The molecule has 1 aliphatic heterocycles. The van der Waals surface area contributed by atoms with Crippen LogP contribution in [-0.4, -0.2) is 29.7 Å². The van der Waals surface area contributed by atoms with Crippen molar-refractivity contribution in [2.75, 3.05) is 13.7 Å². The Morgan fingerprint density at radius 3 is 2.65 bits per heavy atom. The van der Waals surface area contributed by atoms with Crippen LogP contribution in [0.5, 0.6) is 11.5 Å². The molecule has 5 nitrogen and oxygen atoms in total. The van der Waals surface area contributed by atoms with Gasteiger partial charge in [-0.05, 0) is 59.7 Å². The number of amides is 2. The molecule has 1 heterocycles. The summed E-state index contributed by atoms with van der Waals surface area (Å²) in [5.41, 5.74) is 2.59. The second-order valence-corrected chi connectivity index (χ2v) is 8.50. The smallest absolute Gasteiger partial charge is 0.294 e. The first-order chi connectivity index (χ1) is 15.0. The normalized spacial score (nSPS) is 14.6. The molecule has 0 aromatic heterocycles. The summed E-state index contributed by atoms with van der Waals surface area (Å²) in [4.78, 5) is 25.9. The highest BCUT2D eigenvalue weighted by Crippen LogP contribution is 2.37. The van der Waals surface area contributed by atoms with Gasteiger partial charge in [0.2, 0.25) is 0 Å². The van der Waals surface area contributed by atoms with E-state index in [1.165, 1.54) is 0 Å². The minimum Gasteiger partial charge on any atom is -0.493 e. The maximum absolute atomic E-state index is 12.5. The molecule has 0 N–H and O–H groups in total. The van der Waals surface area contributed by atoms with E-state index in [2.05, 4.69) is 28.4 Å². The van der Waals surface area contributed by atoms with E-state index in [0.29, 0.717) is 29.4 Å². The quantitative estimate of drug-likeness (QED) is 0.276. The number of methoxy groups -OCH3 is 1. The number of hydrogen-bond acceptors (Lipinski definition) is 5. The largest absolute Gasteiger partial charge is 0.493 e. The lowest BCUT2D eigenvalue weighted by molar-refractivity contribution is -0.122. The second kappa shape index (κ2) is 10.4. The fraction of sp³-hybridized carbons (Fsp3) is 0.167. The SMILES string of the molecule is C#CCN1C(=O)S/C(=C/c2cc(CC=C)c(OCc3ccc(Br)cc3)c(OC)c2)C1=O. The fourth-order valence-corrected chi connectivity index (χ4v) is 4.11. The van der Waals surface area contributed by atoms with Crippen LogP contribution in [0.25, 0.3) is 6.08 Å². The molecule has 1 aliphatic rings. The molecule has 0 bridgehead atoms. The summed E-state index contributed by atoms with van der Waals surface area (Å²) in [5, 5.41) is -0.373. The molecule has 2 aromatic carbocycles. The third kappa shape index (κ3) is 5.40. The monoisotopic (exact) mass is 497 g/mol. The zero-order valence-electron chi connectivity index (χ0n) is 16.9. The van der Waals surface area contributed by atoms with Gasteiger partial charge in [-0.2, -0.15) is 0 Å². The van der Waals surface area contributed by atoms with Gasteiger partial charge < -0.3 is 9.47 Å². The van der Waals surface area contributed by atoms with Gasteiger partial charge in [-0.1, -0.05) is 40.1 Å². The minimum atomic E-state index is -0.396. The first kappa shape index (κ1) is 22.7. The van der Waals surface area contributed by atoms with Crippen LogP contribution in [0.3, 0.4) is 0 Å². The molecule has 1 fully saturated rings. The van der Waals surface area contributed by atoms with Crippen LogP contribution >= 0.6 is 27.7 Å². The maximum atomic E-state index is 12.5. The molecule has 0 aliphatic carbocycles. The van der Waals surface area contributed by atoms with E-state index in [-0.39, 0.29) is 11.8 Å². The summed E-state index contributed by atoms with van der Waals surface area (Å²) in [5.74, 6) is 3.08. The summed E-state index contributed by atoms with van der Waals surface area (Å²) in [6, 6.07) is 11.5. The number of carbonyl (C=O) groups excluding carboxylic acids is 2. The second-order valence-electron chi connectivity index (χ2n) is 6.59. The highest BCUT2D eigenvalue weighted by molar-refractivity contribution is 9.10. The van der Waals surface area contributed by atoms with Crippen LogP contribution in [0.1, 0.15) is 16.7 Å². The van der Waals surface area contributed by atoms with Crippen molar-refractivity contribution < 1.29 is 19.1 Å². The molecular formula is C24H20BrNO4S. The third-order valence-corrected chi connectivity index (χ3v) is 5.89. The van der Waals surface area contributed by atoms with Crippen LogP contribution in [0.4, 0.5) is 4.79 Å². The molecule has 7 heteroatoms. The number of ether oxygens (including phenoxy) is 2. The van der Waals surface area contributed by atoms with Crippen molar-refractivity contribution >= 4 is 44.9 Å². The number of hydrogen-bond donors (Lipinski definition) is 0. The first-order valence-corrected chi connectivity index (χ1v) is 11.0. The molecular weight excluding hydrogens is 478 g/mol. The van der Waals surface area contributed by atoms with E-state index in [0.717, 1.165) is 37.8 Å². The van der Waals surface area contributed by atoms with Crippen molar-refractivity contribution in [3.05, 3.63) is 75.1 Å². The number of benzene rings is 2. The van der Waals surface area contributed by atoms with Crippen LogP contribution in [-0.2, 0) is 17.8 Å². The lowest BCUT2D eigenvalue weighted by Gasteiger charge is -2.16. The van der Waals surface area contributed by atoms with Gasteiger partial charge in [-0.15, -0.1) is 13.0 Å². The Hall–Kier alpha value is -2.95. The van der Waals surface area contributed by atoms with E-state index in [1.807, 2.05) is 30.3 Å². The lowest BCUT2D eigenvalue weighted by Crippen LogP contribution is -2.28. The average molecular weight is 498 g/mol. The molecule has 0 saturated carbocycles. The standard InChI is InChI=1S/C24H20BrNO4S/c1-4-6-18-12-17(14-21-23(27)26(11-5-2)24(28)31-21)13-20(29-3)22(18)30-15-16-7-9-19(25)10-8-16/h2,4,7-10,12-14H,1,6,11,15H2,3H3/b21-14+. The number of allylic oxidation sites excluding steroid dienone is 1. The van der Waals surface area contributed by atoms with Gasteiger partial charge in [0.25, 0.3) is 11.1 Å². The average Bonchev–Trinajstić information content (AvgIpc) is 3.01. The Balaban J connectivity index is 1.91.